The van der Waals surface area contributed by atoms with Crippen LogP contribution in [0.15, 0.2) is 18.3 Å². The van der Waals surface area contributed by atoms with Crippen LogP contribution >= 0.6 is 0 Å². The van der Waals surface area contributed by atoms with E-state index < -0.39 is 0 Å². The van der Waals surface area contributed by atoms with Crippen molar-refractivity contribution < 1.29 is 0 Å². The molecule has 17 heavy (non-hydrogen) atoms. The fourth-order valence-electron chi connectivity index (χ4n) is 1.77. The van der Waals surface area contributed by atoms with Crippen LogP contribution < -0.4 is 5.32 Å². The van der Waals surface area contributed by atoms with Gasteiger partial charge in [-0.3, -0.25) is 0 Å². The number of pyridine rings is 1. The van der Waals surface area contributed by atoms with Crippen LogP contribution in [0.5, 0.6) is 0 Å². The van der Waals surface area contributed by atoms with Crippen LogP contribution in [0.3, 0.4) is 0 Å². The molecule has 1 heterocycles. The molecule has 0 saturated carbocycles. The number of unbranched alkanes of at least 4 members (excludes halogenated alkanes) is 1. The van der Waals surface area contributed by atoms with Crippen LogP contribution in [0.4, 0.5) is 5.82 Å². The van der Waals surface area contributed by atoms with Crippen LogP contribution in [0.1, 0.15) is 38.7 Å². The Morgan fingerprint density at radius 2 is 2.12 bits per heavy atom. The lowest BCUT2D eigenvalue weighted by molar-refractivity contribution is 0.321. The Bertz CT molecular complexity index is 312. The molecule has 0 amide bonds. The number of nitrogens with one attached hydrogen (secondary N) is 1. The number of nitrogens with zero attached hydrogens (tertiary/aromatic N) is 2. The molecule has 0 atom stereocenters. The summed E-state index contributed by atoms with van der Waals surface area (Å²) < 4.78 is 0. The van der Waals surface area contributed by atoms with E-state index in [0.29, 0.717) is 0 Å². The summed E-state index contributed by atoms with van der Waals surface area (Å²) in [7, 11) is 2.17. The Labute approximate surface area is 105 Å². The third kappa shape index (κ3) is 5.18. The maximum absolute atomic E-state index is 4.41. The highest BCUT2D eigenvalue weighted by Gasteiger charge is 2.05. The monoisotopic (exact) mass is 235 g/mol. The highest BCUT2D eigenvalue weighted by Crippen LogP contribution is 2.13. The maximum atomic E-state index is 4.41. The molecule has 0 unspecified atom stereocenters. The number of aromatic nitrogens is 1. The summed E-state index contributed by atoms with van der Waals surface area (Å²) in [6.45, 7) is 7.51. The van der Waals surface area contributed by atoms with Crippen LogP contribution in [-0.4, -0.2) is 30.0 Å². The number of anilines is 1. The number of hydrogen-bond acceptors (Lipinski definition) is 3. The molecular formula is C14H25N3. The second kappa shape index (κ2) is 8.07. The van der Waals surface area contributed by atoms with Gasteiger partial charge in [-0.2, -0.15) is 0 Å². The third-order valence-electron chi connectivity index (χ3n) is 2.77. The number of hydrogen-bond donors (Lipinski definition) is 1. The van der Waals surface area contributed by atoms with Crippen molar-refractivity contribution in [3.63, 3.8) is 0 Å². The third-order valence-corrected chi connectivity index (χ3v) is 2.77. The van der Waals surface area contributed by atoms with Crippen molar-refractivity contribution in [1.82, 2.24) is 9.88 Å². The molecule has 96 valence electrons. The zero-order valence-corrected chi connectivity index (χ0v) is 11.4. The fraction of sp³-hybridized carbons (Fsp3) is 0.643. The van der Waals surface area contributed by atoms with Crippen molar-refractivity contribution in [2.45, 2.75) is 39.7 Å². The van der Waals surface area contributed by atoms with Gasteiger partial charge in [0.05, 0.1) is 0 Å². The van der Waals surface area contributed by atoms with Crippen LogP contribution in [-0.2, 0) is 6.54 Å². The second-order valence-electron chi connectivity index (χ2n) is 4.53. The molecule has 0 radical (unpaired) electrons. The first-order valence-corrected chi connectivity index (χ1v) is 6.64. The summed E-state index contributed by atoms with van der Waals surface area (Å²) in [6, 6.07) is 4.17. The van der Waals surface area contributed by atoms with Gasteiger partial charge < -0.3 is 10.2 Å². The van der Waals surface area contributed by atoms with Gasteiger partial charge in [0, 0.05) is 24.8 Å². The summed E-state index contributed by atoms with van der Waals surface area (Å²) in [5.74, 6) is 1.04. The normalized spacial score (nSPS) is 10.8. The van der Waals surface area contributed by atoms with E-state index in [1.54, 1.807) is 0 Å². The molecule has 0 spiro atoms. The van der Waals surface area contributed by atoms with Crippen molar-refractivity contribution in [3.8, 4) is 0 Å². The average Bonchev–Trinajstić information content (AvgIpc) is 2.35. The van der Waals surface area contributed by atoms with E-state index in [-0.39, 0.29) is 0 Å². The standard InChI is InChI=1S/C14H25N3/c1-4-6-11-17(3)12-13-8-7-10-16-14(13)15-9-5-2/h7-8,10H,4-6,9,11-12H2,1-3H3,(H,15,16). The van der Waals surface area contributed by atoms with Gasteiger partial charge in [0.25, 0.3) is 0 Å². The van der Waals surface area contributed by atoms with Gasteiger partial charge in [-0.05, 0) is 32.5 Å². The highest BCUT2D eigenvalue weighted by atomic mass is 15.1. The second-order valence-corrected chi connectivity index (χ2v) is 4.53. The topological polar surface area (TPSA) is 28.2 Å². The minimum atomic E-state index is 0.972. The van der Waals surface area contributed by atoms with E-state index >= 15 is 0 Å². The lowest BCUT2D eigenvalue weighted by Crippen LogP contribution is -2.20. The van der Waals surface area contributed by atoms with E-state index in [9.17, 15) is 0 Å². The first kappa shape index (κ1) is 14.0. The summed E-state index contributed by atoms with van der Waals surface area (Å²) in [5, 5.41) is 3.39. The SMILES string of the molecule is CCCCN(C)Cc1cccnc1NCCC. The van der Waals surface area contributed by atoms with Gasteiger partial charge in [-0.25, -0.2) is 4.98 Å². The predicted molar refractivity (Wildman–Crippen MR) is 74.3 cm³/mol. The van der Waals surface area contributed by atoms with Crippen LogP contribution in [0.25, 0.3) is 0 Å². The Kier molecular flexibility index (Phi) is 6.63. The molecule has 1 aromatic rings. The zero-order valence-electron chi connectivity index (χ0n) is 11.4. The fourth-order valence-corrected chi connectivity index (χ4v) is 1.77. The summed E-state index contributed by atoms with van der Waals surface area (Å²) in [5.41, 5.74) is 1.29. The van der Waals surface area contributed by atoms with Gasteiger partial charge >= 0.3 is 0 Å². The highest BCUT2D eigenvalue weighted by molar-refractivity contribution is 5.43. The molecule has 0 fully saturated rings. The molecule has 3 nitrogen and oxygen atoms in total. The summed E-state index contributed by atoms with van der Waals surface area (Å²) in [6.07, 6.45) is 5.49. The van der Waals surface area contributed by atoms with Crippen molar-refractivity contribution in [2.24, 2.45) is 0 Å². The van der Waals surface area contributed by atoms with Crippen molar-refractivity contribution in [1.29, 1.82) is 0 Å². The Morgan fingerprint density at radius 1 is 1.29 bits per heavy atom. The quantitative estimate of drug-likeness (QED) is 0.750. The summed E-state index contributed by atoms with van der Waals surface area (Å²) in [4.78, 5) is 6.77. The Morgan fingerprint density at radius 3 is 2.82 bits per heavy atom. The largest absolute Gasteiger partial charge is 0.370 e. The smallest absolute Gasteiger partial charge is 0.130 e. The molecule has 0 aliphatic heterocycles. The zero-order chi connectivity index (χ0) is 12.5. The molecule has 0 aliphatic carbocycles. The van der Waals surface area contributed by atoms with Crippen LogP contribution in [0.2, 0.25) is 0 Å². The van der Waals surface area contributed by atoms with E-state index in [4.69, 9.17) is 0 Å². The first-order valence-electron chi connectivity index (χ1n) is 6.64. The van der Waals surface area contributed by atoms with Gasteiger partial charge in [-0.1, -0.05) is 26.3 Å². The molecule has 0 aromatic carbocycles. The minimum absolute atomic E-state index is 0.972. The maximum Gasteiger partial charge on any atom is 0.130 e. The van der Waals surface area contributed by atoms with Crippen molar-refractivity contribution in [3.05, 3.63) is 23.9 Å². The molecule has 1 aromatic heterocycles. The summed E-state index contributed by atoms with van der Waals surface area (Å²) >= 11 is 0. The average molecular weight is 235 g/mol. The lowest BCUT2D eigenvalue weighted by atomic mass is 10.2. The Hall–Kier alpha value is -1.09. The molecule has 1 rings (SSSR count). The van der Waals surface area contributed by atoms with E-state index in [1.165, 1.54) is 18.4 Å². The van der Waals surface area contributed by atoms with Gasteiger partial charge in [0.15, 0.2) is 0 Å². The molecule has 0 aliphatic rings. The van der Waals surface area contributed by atoms with Crippen molar-refractivity contribution >= 4 is 5.82 Å². The molecular weight excluding hydrogens is 210 g/mol. The van der Waals surface area contributed by atoms with Crippen LogP contribution in [0, 0.1) is 0 Å². The predicted octanol–water partition coefficient (Wildman–Crippen LogP) is 3.14. The van der Waals surface area contributed by atoms with Gasteiger partial charge in [-0.15, -0.1) is 0 Å². The van der Waals surface area contributed by atoms with Gasteiger partial charge in [0.2, 0.25) is 0 Å². The van der Waals surface area contributed by atoms with Crippen molar-refractivity contribution in [2.75, 3.05) is 25.5 Å². The number of rotatable bonds is 8. The molecule has 1 N–H and O–H groups in total. The molecule has 0 bridgehead atoms. The van der Waals surface area contributed by atoms with E-state index in [2.05, 4.69) is 42.2 Å². The lowest BCUT2D eigenvalue weighted by Gasteiger charge is -2.18. The first-order chi connectivity index (χ1) is 8.27. The molecule has 3 heteroatoms. The molecule has 0 saturated heterocycles. The van der Waals surface area contributed by atoms with E-state index in [0.717, 1.165) is 31.9 Å². The Balaban J connectivity index is 2.56. The van der Waals surface area contributed by atoms with E-state index in [1.807, 2.05) is 12.3 Å². The minimum Gasteiger partial charge on any atom is -0.370 e. The van der Waals surface area contributed by atoms with Gasteiger partial charge in [0.1, 0.15) is 5.82 Å².